The largest absolute Gasteiger partial charge is 0.351 e. The molecule has 0 fully saturated rings. The van der Waals surface area contributed by atoms with Gasteiger partial charge in [0.1, 0.15) is 0 Å². The number of amides is 3. The average Bonchev–Trinajstić information content (AvgIpc) is 2.57. The summed E-state index contributed by atoms with van der Waals surface area (Å²) in [6.07, 6.45) is 0.786. The molecule has 0 aliphatic rings. The zero-order valence-corrected chi connectivity index (χ0v) is 17.9. The molecule has 9 heteroatoms. The quantitative estimate of drug-likeness (QED) is 0.523. The average molecular weight is 425 g/mol. The van der Waals surface area contributed by atoms with Gasteiger partial charge in [0.2, 0.25) is 5.91 Å². The van der Waals surface area contributed by atoms with Crippen molar-refractivity contribution >= 4 is 46.2 Å². The third kappa shape index (κ3) is 5.48. The Labute approximate surface area is 173 Å². The number of fused-ring (bicyclic) bond motifs is 1. The van der Waals surface area contributed by atoms with Gasteiger partial charge in [0, 0.05) is 11.6 Å². The molecule has 0 aliphatic carbocycles. The van der Waals surface area contributed by atoms with Crippen LogP contribution in [0.1, 0.15) is 34.1 Å². The number of primary amides is 1. The van der Waals surface area contributed by atoms with E-state index in [1.807, 2.05) is 13.8 Å². The van der Waals surface area contributed by atoms with Gasteiger partial charge in [-0.3, -0.25) is 19.5 Å². The predicted molar refractivity (Wildman–Crippen MR) is 113 cm³/mol. The Balaban J connectivity index is 2.55. The number of aromatic nitrogens is 2. The van der Waals surface area contributed by atoms with E-state index >= 15 is 0 Å². The van der Waals surface area contributed by atoms with Crippen molar-refractivity contribution in [2.45, 2.75) is 51.1 Å². The highest BCUT2D eigenvalue weighted by atomic mass is 35.5. The second-order valence-corrected chi connectivity index (χ2v) is 8.88. The number of nitrogens with one attached hydrogen (secondary N) is 1. The fourth-order valence-electron chi connectivity index (χ4n) is 2.65. The fraction of sp³-hybridized carbons (Fsp3) is 0.474. The normalized spacial score (nSPS) is 12.5. The van der Waals surface area contributed by atoms with Gasteiger partial charge in [-0.25, -0.2) is 9.78 Å². The summed E-state index contributed by atoms with van der Waals surface area (Å²) < 4.78 is 1.59. The van der Waals surface area contributed by atoms with Gasteiger partial charge in [0.05, 0.1) is 16.2 Å². The van der Waals surface area contributed by atoms with Gasteiger partial charge in [0.15, 0.2) is 5.16 Å². The first-order valence-corrected chi connectivity index (χ1v) is 10.3. The van der Waals surface area contributed by atoms with E-state index in [2.05, 4.69) is 24.1 Å². The molecule has 7 nitrogen and oxygen atoms in total. The Hall–Kier alpha value is -2.06. The molecule has 0 bridgehead atoms. The van der Waals surface area contributed by atoms with Crippen LogP contribution in [0.15, 0.2) is 28.2 Å². The molecule has 2 aromatic rings. The highest BCUT2D eigenvalue weighted by molar-refractivity contribution is 8.00. The Bertz CT molecular complexity index is 943. The minimum atomic E-state index is -0.910. The Kier molecular flexibility index (Phi) is 7.48. The van der Waals surface area contributed by atoms with E-state index in [-0.39, 0.29) is 11.5 Å². The van der Waals surface area contributed by atoms with E-state index in [0.717, 1.165) is 18.2 Å². The number of carbonyl (C=O) groups excluding carboxylic acids is 2. The van der Waals surface area contributed by atoms with E-state index in [1.165, 1.54) is 0 Å². The number of imide groups is 1. The molecule has 3 N–H and O–H groups in total. The van der Waals surface area contributed by atoms with E-state index in [0.29, 0.717) is 33.5 Å². The lowest BCUT2D eigenvalue weighted by Crippen LogP contribution is -2.42. The highest BCUT2D eigenvalue weighted by Gasteiger charge is 2.27. The number of hydrogen-bond donors (Lipinski definition) is 2. The molecule has 0 radical (unpaired) electrons. The predicted octanol–water partition coefficient (Wildman–Crippen LogP) is 3.41. The Morgan fingerprint density at radius 2 is 1.96 bits per heavy atom. The fourth-order valence-corrected chi connectivity index (χ4v) is 3.93. The van der Waals surface area contributed by atoms with E-state index < -0.39 is 17.2 Å². The van der Waals surface area contributed by atoms with E-state index in [9.17, 15) is 14.4 Å². The minimum absolute atomic E-state index is 0.116. The van der Waals surface area contributed by atoms with Crippen molar-refractivity contribution < 1.29 is 9.59 Å². The standard InChI is InChI=1S/C19H25ClN4O3S/c1-10(2)7-8-24-17(26)13-6-5-12(20)9-14(13)22-19(24)28-15(11(3)4)16(25)23-18(21)27/h5-6,9-11,15H,7-8H2,1-4H3,(H3,21,23,25,27). The number of nitrogens with two attached hydrogens (primary N) is 1. The van der Waals surface area contributed by atoms with E-state index in [4.69, 9.17) is 17.3 Å². The van der Waals surface area contributed by atoms with Crippen LogP contribution in [0.4, 0.5) is 4.79 Å². The lowest BCUT2D eigenvalue weighted by atomic mass is 10.1. The van der Waals surface area contributed by atoms with Gasteiger partial charge in [-0.2, -0.15) is 0 Å². The van der Waals surface area contributed by atoms with Gasteiger partial charge in [-0.1, -0.05) is 51.1 Å². The van der Waals surface area contributed by atoms with Crippen molar-refractivity contribution in [1.82, 2.24) is 14.9 Å². The topological polar surface area (TPSA) is 107 Å². The maximum Gasteiger partial charge on any atom is 0.318 e. The number of thioether (sulfide) groups is 1. The monoisotopic (exact) mass is 424 g/mol. The van der Waals surface area contributed by atoms with Crippen LogP contribution in [0.3, 0.4) is 0 Å². The summed E-state index contributed by atoms with van der Waals surface area (Å²) in [7, 11) is 0. The molecule has 0 saturated carbocycles. The van der Waals surface area contributed by atoms with Gasteiger partial charge >= 0.3 is 6.03 Å². The maximum absolute atomic E-state index is 13.1. The molecule has 0 aliphatic heterocycles. The van der Waals surface area contributed by atoms with Crippen molar-refractivity contribution in [2.75, 3.05) is 0 Å². The van der Waals surface area contributed by atoms with Crippen LogP contribution in [0.2, 0.25) is 5.02 Å². The number of urea groups is 1. The highest BCUT2D eigenvalue weighted by Crippen LogP contribution is 2.28. The number of nitrogens with zero attached hydrogens (tertiary/aromatic N) is 2. The molecule has 1 unspecified atom stereocenters. The minimum Gasteiger partial charge on any atom is -0.351 e. The zero-order valence-electron chi connectivity index (χ0n) is 16.4. The lowest BCUT2D eigenvalue weighted by Gasteiger charge is -2.21. The van der Waals surface area contributed by atoms with Crippen molar-refractivity contribution in [1.29, 1.82) is 0 Å². The summed E-state index contributed by atoms with van der Waals surface area (Å²) in [4.78, 5) is 41.2. The number of carbonyl (C=O) groups is 2. The summed E-state index contributed by atoms with van der Waals surface area (Å²) in [5, 5.41) is 2.84. The SMILES string of the molecule is CC(C)CCn1c(SC(C(=O)NC(N)=O)C(C)C)nc2cc(Cl)ccc2c1=O. The third-order valence-corrected chi connectivity index (χ3v) is 5.93. The maximum atomic E-state index is 13.1. The summed E-state index contributed by atoms with van der Waals surface area (Å²) in [6, 6.07) is 4.03. The molecular formula is C19H25ClN4O3S. The first-order chi connectivity index (χ1) is 13.1. The van der Waals surface area contributed by atoms with Crippen LogP contribution in [0.25, 0.3) is 10.9 Å². The Morgan fingerprint density at radius 3 is 2.54 bits per heavy atom. The van der Waals surface area contributed by atoms with Crippen LogP contribution in [-0.2, 0) is 11.3 Å². The van der Waals surface area contributed by atoms with E-state index in [1.54, 1.807) is 22.8 Å². The summed E-state index contributed by atoms with van der Waals surface area (Å²) in [6.45, 7) is 8.33. The van der Waals surface area contributed by atoms with Crippen LogP contribution in [-0.4, -0.2) is 26.7 Å². The molecule has 28 heavy (non-hydrogen) atoms. The smallest absolute Gasteiger partial charge is 0.318 e. The van der Waals surface area contributed by atoms with Gasteiger partial charge in [-0.15, -0.1) is 0 Å². The molecule has 1 heterocycles. The third-order valence-electron chi connectivity index (χ3n) is 4.16. The van der Waals surface area contributed by atoms with Crippen LogP contribution >= 0.6 is 23.4 Å². The molecule has 152 valence electrons. The first-order valence-electron chi connectivity index (χ1n) is 9.07. The second-order valence-electron chi connectivity index (χ2n) is 7.33. The van der Waals surface area contributed by atoms with Gasteiger partial charge in [-0.05, 0) is 36.5 Å². The molecular weight excluding hydrogens is 400 g/mol. The van der Waals surface area contributed by atoms with Gasteiger partial charge < -0.3 is 5.73 Å². The van der Waals surface area contributed by atoms with Crippen molar-refractivity contribution in [2.24, 2.45) is 17.6 Å². The molecule has 0 spiro atoms. The summed E-state index contributed by atoms with van der Waals surface area (Å²) in [5.41, 5.74) is 5.38. The first kappa shape index (κ1) is 22.2. The molecule has 1 aromatic heterocycles. The van der Waals surface area contributed by atoms with Gasteiger partial charge in [0.25, 0.3) is 5.56 Å². The number of hydrogen-bond acceptors (Lipinski definition) is 5. The van der Waals surface area contributed by atoms with Crippen molar-refractivity contribution in [3.8, 4) is 0 Å². The second kappa shape index (κ2) is 9.43. The summed E-state index contributed by atoms with van der Waals surface area (Å²) >= 11 is 7.21. The number of rotatable bonds is 7. The van der Waals surface area contributed by atoms with Crippen LogP contribution in [0, 0.1) is 11.8 Å². The molecule has 1 aromatic carbocycles. The van der Waals surface area contributed by atoms with Crippen molar-refractivity contribution in [3.63, 3.8) is 0 Å². The van der Waals surface area contributed by atoms with Crippen molar-refractivity contribution in [3.05, 3.63) is 33.6 Å². The molecule has 3 amide bonds. The molecule has 1 atom stereocenters. The molecule has 0 saturated heterocycles. The van der Waals surface area contributed by atoms with Crippen LogP contribution in [0.5, 0.6) is 0 Å². The Morgan fingerprint density at radius 1 is 1.29 bits per heavy atom. The zero-order chi connectivity index (χ0) is 21.0. The van der Waals surface area contributed by atoms with Crippen LogP contribution < -0.4 is 16.6 Å². The number of halogens is 1. The lowest BCUT2D eigenvalue weighted by molar-refractivity contribution is -0.120. The summed E-state index contributed by atoms with van der Waals surface area (Å²) in [5.74, 6) is -0.233. The molecule has 2 rings (SSSR count). The number of benzene rings is 1.